The molecule has 0 aromatic carbocycles. The lowest BCUT2D eigenvalue weighted by molar-refractivity contribution is -0.0905. The lowest BCUT2D eigenvalue weighted by Crippen LogP contribution is -2.53. The zero-order chi connectivity index (χ0) is 35.8. The summed E-state index contributed by atoms with van der Waals surface area (Å²) >= 11 is 0. The van der Waals surface area contributed by atoms with E-state index in [1.54, 1.807) is 0 Å². The maximum absolute atomic E-state index is 12.8. The van der Waals surface area contributed by atoms with Crippen LogP contribution in [0.5, 0.6) is 0 Å². The second kappa shape index (κ2) is 17.1. The van der Waals surface area contributed by atoms with Crippen LogP contribution < -0.4 is 22.9 Å². The van der Waals surface area contributed by atoms with E-state index in [9.17, 15) is 4.79 Å². The lowest BCUT2D eigenvalue weighted by atomic mass is 9.44. The maximum atomic E-state index is 12.8. The van der Waals surface area contributed by atoms with Crippen LogP contribution in [-0.2, 0) is 9.47 Å². The second-order valence-electron chi connectivity index (χ2n) is 17.1. The molecule has 3 saturated carbocycles. The Morgan fingerprint density at radius 3 is 2.16 bits per heavy atom. The Kier molecular flexibility index (Phi) is 13.8. The predicted molar refractivity (Wildman–Crippen MR) is 201 cm³/mol. The van der Waals surface area contributed by atoms with Gasteiger partial charge in [0.25, 0.3) is 0 Å². The van der Waals surface area contributed by atoms with Crippen LogP contribution in [-0.4, -0.2) is 68.4 Å². The van der Waals surface area contributed by atoms with Crippen LogP contribution in [0.2, 0.25) is 0 Å². The SMILES string of the molecule is CC(C)CCC[C@@H](C)[C@@]1(C)CC[C@H]2[C@@H]3CC=C4C[C@@H](OC(=O)OCCN(CCCN=C(N)N)CCCN=C(N)N)CC[C@]4(C)[C@H]3CC[C@@]21C. The van der Waals surface area contributed by atoms with Crippen molar-refractivity contribution in [1.82, 2.24) is 4.90 Å². The highest BCUT2D eigenvalue weighted by Crippen LogP contribution is 2.71. The van der Waals surface area contributed by atoms with Gasteiger partial charge >= 0.3 is 6.16 Å². The molecule has 10 nitrogen and oxygen atoms in total. The Balaban J connectivity index is 1.28. The van der Waals surface area contributed by atoms with Gasteiger partial charge in [0.2, 0.25) is 0 Å². The topological polar surface area (TPSA) is 168 Å². The number of allylic oxidation sites excluding steroid dienone is 1. The van der Waals surface area contributed by atoms with Gasteiger partial charge < -0.3 is 32.4 Å². The molecule has 8 atom stereocenters. The maximum Gasteiger partial charge on any atom is 0.508 e. The summed E-state index contributed by atoms with van der Waals surface area (Å²) in [5.41, 5.74) is 24.5. The molecule has 280 valence electrons. The average Bonchev–Trinajstić information content (AvgIpc) is 3.32. The molecular formula is C39H71N7O3. The molecule has 49 heavy (non-hydrogen) atoms. The summed E-state index contributed by atoms with van der Waals surface area (Å²) in [6, 6.07) is 0. The summed E-state index contributed by atoms with van der Waals surface area (Å²) in [6.07, 6.45) is 17.0. The van der Waals surface area contributed by atoms with E-state index in [0.29, 0.717) is 30.5 Å². The van der Waals surface area contributed by atoms with Crippen LogP contribution in [0.15, 0.2) is 21.6 Å². The Morgan fingerprint density at radius 2 is 1.53 bits per heavy atom. The van der Waals surface area contributed by atoms with E-state index in [1.165, 1.54) is 56.9 Å². The highest BCUT2D eigenvalue weighted by molar-refractivity contribution is 5.75. The van der Waals surface area contributed by atoms with Crippen molar-refractivity contribution >= 4 is 18.1 Å². The van der Waals surface area contributed by atoms with Gasteiger partial charge in [0, 0.05) is 39.1 Å². The number of aliphatic imine (C=N–C) groups is 2. The summed E-state index contributed by atoms with van der Waals surface area (Å²) in [6.45, 7) is 18.6. The van der Waals surface area contributed by atoms with Crippen molar-refractivity contribution in [3.05, 3.63) is 11.6 Å². The smallest absolute Gasteiger partial charge is 0.433 e. The van der Waals surface area contributed by atoms with Crippen LogP contribution in [0.3, 0.4) is 0 Å². The highest BCUT2D eigenvalue weighted by atomic mass is 16.7. The van der Waals surface area contributed by atoms with Gasteiger partial charge in [-0.1, -0.05) is 72.5 Å². The van der Waals surface area contributed by atoms with E-state index in [-0.39, 0.29) is 30.0 Å². The van der Waals surface area contributed by atoms with Crippen molar-refractivity contribution in [2.24, 2.45) is 78.8 Å². The molecule has 0 aromatic rings. The molecule has 0 aromatic heterocycles. The minimum absolute atomic E-state index is 0.0910. The molecule has 4 aliphatic carbocycles. The average molecular weight is 686 g/mol. The minimum atomic E-state index is -0.565. The van der Waals surface area contributed by atoms with Crippen LogP contribution in [0.4, 0.5) is 4.79 Å². The summed E-state index contributed by atoms with van der Waals surface area (Å²) in [5.74, 6) is 4.10. The molecule has 8 N–H and O–H groups in total. The number of carbonyl (C=O) groups is 1. The Morgan fingerprint density at radius 1 is 0.878 bits per heavy atom. The first-order chi connectivity index (χ1) is 23.2. The fourth-order valence-electron chi connectivity index (χ4n) is 10.8. The quantitative estimate of drug-likeness (QED) is 0.0439. The molecule has 0 amide bonds. The molecular weight excluding hydrogens is 614 g/mol. The third-order valence-electron chi connectivity index (χ3n) is 14.0. The summed E-state index contributed by atoms with van der Waals surface area (Å²) < 4.78 is 11.5. The summed E-state index contributed by atoms with van der Waals surface area (Å²) in [4.78, 5) is 23.2. The van der Waals surface area contributed by atoms with Crippen molar-refractivity contribution in [2.75, 3.05) is 39.3 Å². The number of nitrogens with zero attached hydrogens (tertiary/aromatic N) is 3. The molecule has 0 heterocycles. The number of fused-ring (bicyclic) bond motifs is 5. The van der Waals surface area contributed by atoms with Crippen molar-refractivity contribution < 1.29 is 14.3 Å². The second-order valence-corrected chi connectivity index (χ2v) is 17.1. The van der Waals surface area contributed by atoms with Gasteiger partial charge in [-0.3, -0.25) is 14.9 Å². The zero-order valence-corrected chi connectivity index (χ0v) is 31.9. The third kappa shape index (κ3) is 9.44. The molecule has 0 radical (unpaired) electrons. The summed E-state index contributed by atoms with van der Waals surface area (Å²) in [5, 5.41) is 0. The number of ether oxygens (including phenoxy) is 2. The molecule has 0 saturated heterocycles. The molecule has 0 spiro atoms. The van der Waals surface area contributed by atoms with Crippen LogP contribution in [0.25, 0.3) is 0 Å². The first-order valence-electron chi connectivity index (χ1n) is 19.6. The molecule has 10 heteroatoms. The Hall–Kier alpha value is -2.49. The van der Waals surface area contributed by atoms with E-state index in [0.717, 1.165) is 74.8 Å². The van der Waals surface area contributed by atoms with Gasteiger partial charge in [-0.2, -0.15) is 0 Å². The number of hydrogen-bond acceptors (Lipinski definition) is 6. The van der Waals surface area contributed by atoms with Crippen LogP contribution >= 0.6 is 0 Å². The fourth-order valence-corrected chi connectivity index (χ4v) is 10.8. The number of carbonyl (C=O) groups excluding carboxylic acids is 1. The lowest BCUT2D eigenvalue weighted by Gasteiger charge is -2.60. The first-order valence-corrected chi connectivity index (χ1v) is 19.6. The van der Waals surface area contributed by atoms with E-state index < -0.39 is 6.16 Å². The molecule has 0 aliphatic heterocycles. The van der Waals surface area contributed by atoms with E-state index in [2.05, 4.69) is 62.5 Å². The summed E-state index contributed by atoms with van der Waals surface area (Å²) in [7, 11) is 0. The Bertz CT molecular complexity index is 1160. The number of hydrogen-bond donors (Lipinski definition) is 4. The van der Waals surface area contributed by atoms with Gasteiger partial charge in [0.1, 0.15) is 12.7 Å². The van der Waals surface area contributed by atoms with Gasteiger partial charge in [-0.25, -0.2) is 4.79 Å². The van der Waals surface area contributed by atoms with Gasteiger partial charge in [0.15, 0.2) is 11.9 Å². The predicted octanol–water partition coefficient (Wildman–Crippen LogP) is 6.57. The first kappa shape index (κ1) is 39.3. The van der Waals surface area contributed by atoms with Crippen molar-refractivity contribution in [3.63, 3.8) is 0 Å². The van der Waals surface area contributed by atoms with Crippen molar-refractivity contribution in [2.45, 2.75) is 131 Å². The highest BCUT2D eigenvalue weighted by Gasteiger charge is 2.63. The normalized spacial score (nSPS) is 32.8. The van der Waals surface area contributed by atoms with Gasteiger partial charge in [0.05, 0.1) is 0 Å². The molecule has 4 rings (SSSR count). The molecule has 4 aliphatic rings. The standard InChI is InChI=1S/C39H71N7O3/c1-27(2)10-7-11-28(3)38(5)18-16-33-31-13-12-29-26-30(14-17-37(29,4)32(31)15-19-39(33,38)6)49-36(47)48-25-24-46(22-8-20-44-34(40)41)23-9-21-45-35(42)43/h12,27-28,30-33H,7-11,13-26H2,1-6H3,(H4,40,41,44)(H4,42,43,45)/t28-,30+,31-,32+,33+,37+,38-,39+/m1/s1. The minimum Gasteiger partial charge on any atom is -0.433 e. The molecule has 3 fully saturated rings. The third-order valence-corrected chi connectivity index (χ3v) is 14.0. The zero-order valence-electron chi connectivity index (χ0n) is 31.9. The van der Waals surface area contributed by atoms with Crippen molar-refractivity contribution in [1.29, 1.82) is 0 Å². The largest absolute Gasteiger partial charge is 0.508 e. The number of nitrogens with two attached hydrogens (primary N) is 4. The van der Waals surface area contributed by atoms with E-state index >= 15 is 0 Å². The Labute approximate surface area is 297 Å². The van der Waals surface area contributed by atoms with Crippen LogP contribution in [0.1, 0.15) is 125 Å². The van der Waals surface area contributed by atoms with Gasteiger partial charge in [-0.15, -0.1) is 0 Å². The molecule has 0 bridgehead atoms. The number of guanidine groups is 2. The number of rotatable bonds is 17. The monoisotopic (exact) mass is 686 g/mol. The van der Waals surface area contributed by atoms with Crippen LogP contribution in [0, 0.1) is 45.8 Å². The fraction of sp³-hybridized carbons (Fsp3) is 0.872. The van der Waals surface area contributed by atoms with Gasteiger partial charge in [-0.05, 0) is 104 Å². The van der Waals surface area contributed by atoms with E-state index in [4.69, 9.17) is 32.4 Å². The van der Waals surface area contributed by atoms with Crippen molar-refractivity contribution in [3.8, 4) is 0 Å². The van der Waals surface area contributed by atoms with E-state index in [1.807, 2.05) is 0 Å². The molecule has 0 unspecified atom stereocenters.